The number of benzene rings is 4. The average Bonchev–Trinajstić information content (AvgIpc) is 3.55. The van der Waals surface area contributed by atoms with Crippen LogP contribution in [0.3, 0.4) is 0 Å². The molecule has 2 N–H and O–H groups in total. The van der Waals surface area contributed by atoms with E-state index < -0.39 is 0 Å². The largest absolute Gasteiger partial charge is 0.383 e. The fourth-order valence-electron chi connectivity index (χ4n) is 6.54. The number of allylic oxidation sites excluding steroid dienone is 4. The summed E-state index contributed by atoms with van der Waals surface area (Å²) in [6.45, 7) is 15.2. The molecule has 4 aromatic carbocycles. The molecule has 228 valence electrons. The summed E-state index contributed by atoms with van der Waals surface area (Å²) in [5.41, 5.74) is 18.1. The number of nitrogens with zero attached hydrogens (tertiary/aromatic N) is 3. The molecule has 0 spiro atoms. The Labute approximate surface area is 272 Å². The number of para-hydroxylation sites is 3. The van der Waals surface area contributed by atoms with Crippen molar-refractivity contribution in [1.29, 1.82) is 0 Å². The van der Waals surface area contributed by atoms with Crippen molar-refractivity contribution in [3.63, 3.8) is 0 Å². The summed E-state index contributed by atoms with van der Waals surface area (Å²) in [7, 11) is 0. The van der Waals surface area contributed by atoms with Crippen molar-refractivity contribution in [2.45, 2.75) is 20.8 Å². The van der Waals surface area contributed by atoms with E-state index in [9.17, 15) is 0 Å². The molecule has 0 aliphatic rings. The number of nitrogens with two attached hydrogens (primary N) is 1. The van der Waals surface area contributed by atoms with E-state index >= 15 is 0 Å². The molecule has 0 saturated heterocycles. The molecule has 2 heterocycles. The van der Waals surface area contributed by atoms with Crippen molar-refractivity contribution in [3.8, 4) is 11.4 Å². The van der Waals surface area contributed by atoms with Crippen LogP contribution in [0, 0.1) is 6.92 Å². The summed E-state index contributed by atoms with van der Waals surface area (Å²) < 4.78 is 4.55. The van der Waals surface area contributed by atoms with Crippen molar-refractivity contribution in [1.82, 2.24) is 9.13 Å². The first-order valence-electron chi connectivity index (χ1n) is 15.7. The van der Waals surface area contributed by atoms with Gasteiger partial charge in [0.15, 0.2) is 0 Å². The molecule has 0 aliphatic carbocycles. The molecule has 0 fully saturated rings. The van der Waals surface area contributed by atoms with Gasteiger partial charge in [0.05, 0.1) is 27.8 Å². The van der Waals surface area contributed by atoms with Crippen LogP contribution in [0.5, 0.6) is 0 Å². The molecule has 0 saturated carbocycles. The van der Waals surface area contributed by atoms with E-state index in [-0.39, 0.29) is 0 Å². The SMILES string of the molecule is C=C/C=C(\C=C/C)CN(c1ccccc1)c1c(N)n(-c2ccccc2)c2ccc3c(/C=C\C)c(C=C)n(-c4ccccc4C)c3c12. The number of rotatable bonds is 10. The number of anilines is 3. The number of aromatic nitrogens is 2. The summed E-state index contributed by atoms with van der Waals surface area (Å²) in [4.78, 5) is 2.34. The molecule has 2 aromatic heterocycles. The first-order valence-corrected chi connectivity index (χ1v) is 15.7. The molecule has 0 amide bonds. The first-order chi connectivity index (χ1) is 22.5. The van der Waals surface area contributed by atoms with E-state index in [4.69, 9.17) is 5.73 Å². The number of aryl methyl sites for hydroxylation is 1. The number of hydrogen-bond donors (Lipinski definition) is 1. The molecule has 6 rings (SSSR count). The maximum Gasteiger partial charge on any atom is 0.133 e. The van der Waals surface area contributed by atoms with Gasteiger partial charge in [0.25, 0.3) is 0 Å². The maximum absolute atomic E-state index is 7.38. The van der Waals surface area contributed by atoms with Gasteiger partial charge in [-0.15, -0.1) is 0 Å². The van der Waals surface area contributed by atoms with E-state index in [0.29, 0.717) is 12.4 Å². The minimum Gasteiger partial charge on any atom is -0.383 e. The topological polar surface area (TPSA) is 39.1 Å². The Morgan fingerprint density at radius 2 is 1.52 bits per heavy atom. The molecule has 46 heavy (non-hydrogen) atoms. The Balaban J connectivity index is 1.86. The molecule has 6 aromatic rings. The van der Waals surface area contributed by atoms with Crippen molar-refractivity contribution < 1.29 is 0 Å². The van der Waals surface area contributed by atoms with Gasteiger partial charge in [-0.05, 0) is 74.4 Å². The molecular formula is C42H40N4. The van der Waals surface area contributed by atoms with Crippen LogP contribution in [0.25, 0.3) is 45.3 Å². The van der Waals surface area contributed by atoms with E-state index in [1.807, 2.05) is 31.2 Å². The highest BCUT2D eigenvalue weighted by Gasteiger charge is 2.28. The lowest BCUT2D eigenvalue weighted by Gasteiger charge is -2.26. The van der Waals surface area contributed by atoms with Gasteiger partial charge < -0.3 is 15.2 Å². The second-order valence-electron chi connectivity index (χ2n) is 11.3. The Hall–Kier alpha value is -5.74. The zero-order valence-corrected chi connectivity index (χ0v) is 26.8. The summed E-state index contributed by atoms with van der Waals surface area (Å²) >= 11 is 0. The third-order valence-corrected chi connectivity index (χ3v) is 8.44. The van der Waals surface area contributed by atoms with Crippen molar-refractivity contribution in [2.75, 3.05) is 17.2 Å². The lowest BCUT2D eigenvalue weighted by molar-refractivity contribution is 1.05. The van der Waals surface area contributed by atoms with Crippen LogP contribution in [0.1, 0.15) is 30.7 Å². The minimum atomic E-state index is 0.593. The zero-order chi connectivity index (χ0) is 32.2. The Morgan fingerprint density at radius 3 is 2.17 bits per heavy atom. The van der Waals surface area contributed by atoms with Gasteiger partial charge in [0, 0.05) is 34.6 Å². The highest BCUT2D eigenvalue weighted by molar-refractivity contribution is 6.19. The Morgan fingerprint density at radius 1 is 0.826 bits per heavy atom. The van der Waals surface area contributed by atoms with E-state index in [1.165, 1.54) is 5.56 Å². The van der Waals surface area contributed by atoms with Gasteiger partial charge in [-0.3, -0.25) is 4.57 Å². The van der Waals surface area contributed by atoms with Gasteiger partial charge in [0.1, 0.15) is 5.82 Å². The second kappa shape index (κ2) is 13.1. The maximum atomic E-state index is 7.38. The number of nitrogen functional groups attached to an aromatic ring is 1. The van der Waals surface area contributed by atoms with Gasteiger partial charge in [-0.25, -0.2) is 0 Å². The smallest absolute Gasteiger partial charge is 0.133 e. The van der Waals surface area contributed by atoms with E-state index in [2.05, 4.69) is 156 Å². The molecule has 0 radical (unpaired) electrons. The summed E-state index contributed by atoms with van der Waals surface area (Å²) in [5.74, 6) is 0.668. The van der Waals surface area contributed by atoms with Crippen LogP contribution in [-0.2, 0) is 0 Å². The lowest BCUT2D eigenvalue weighted by Crippen LogP contribution is -2.21. The lowest BCUT2D eigenvalue weighted by atomic mass is 10.1. The molecule has 0 aliphatic heterocycles. The van der Waals surface area contributed by atoms with Crippen LogP contribution < -0.4 is 10.6 Å². The Bertz CT molecular complexity index is 2140. The quantitative estimate of drug-likeness (QED) is 0.159. The van der Waals surface area contributed by atoms with Gasteiger partial charge in [-0.1, -0.05) is 110 Å². The summed E-state index contributed by atoms with van der Waals surface area (Å²) in [6, 6.07) is 33.8. The van der Waals surface area contributed by atoms with Crippen LogP contribution in [0.15, 0.2) is 146 Å². The summed E-state index contributed by atoms with van der Waals surface area (Å²) in [6.07, 6.45) is 14.4. The normalized spacial score (nSPS) is 12.1. The first kappa shape index (κ1) is 30.3. The van der Waals surface area contributed by atoms with E-state index in [1.54, 1.807) is 0 Å². The summed E-state index contributed by atoms with van der Waals surface area (Å²) in [5, 5.41) is 2.21. The highest BCUT2D eigenvalue weighted by atomic mass is 15.2. The predicted octanol–water partition coefficient (Wildman–Crippen LogP) is 11.0. The minimum absolute atomic E-state index is 0.593. The standard InChI is InChI=1S/C42H40N4/c1-6-18-31(19-7-2)29-44(32-22-12-10-13-23-32)41-39-38(45(42(41)43)33-24-14-11-15-25-33)28-27-35-34(20-8-3)36(9-4)46(40(35)39)37-26-17-16-21-30(37)5/h6-28H,1,4,29,43H2,2-3,5H3/b19-7-,20-8-,31-18+. The van der Waals surface area contributed by atoms with Gasteiger partial charge in [-0.2, -0.15) is 0 Å². The molecule has 4 nitrogen and oxygen atoms in total. The van der Waals surface area contributed by atoms with Crippen molar-refractivity contribution in [2.24, 2.45) is 0 Å². The number of hydrogen-bond acceptors (Lipinski definition) is 2. The highest BCUT2D eigenvalue weighted by Crippen LogP contribution is 2.47. The molecule has 0 bridgehead atoms. The third kappa shape index (κ3) is 5.18. The zero-order valence-electron chi connectivity index (χ0n) is 26.8. The van der Waals surface area contributed by atoms with Crippen LogP contribution in [0.2, 0.25) is 0 Å². The molecular weight excluding hydrogens is 560 g/mol. The number of fused-ring (bicyclic) bond motifs is 3. The van der Waals surface area contributed by atoms with Crippen LogP contribution in [0.4, 0.5) is 17.2 Å². The average molecular weight is 601 g/mol. The third-order valence-electron chi connectivity index (χ3n) is 8.44. The van der Waals surface area contributed by atoms with Crippen LogP contribution in [-0.4, -0.2) is 15.7 Å². The Kier molecular flexibility index (Phi) is 8.62. The molecule has 0 atom stereocenters. The fraction of sp³-hybridized carbons (Fsp3) is 0.0952. The molecule has 4 heteroatoms. The van der Waals surface area contributed by atoms with Crippen molar-refractivity contribution in [3.05, 3.63) is 163 Å². The molecule has 0 unspecified atom stereocenters. The fourth-order valence-corrected chi connectivity index (χ4v) is 6.54. The van der Waals surface area contributed by atoms with Crippen molar-refractivity contribution >= 4 is 51.2 Å². The van der Waals surface area contributed by atoms with Gasteiger partial charge in [0.2, 0.25) is 0 Å². The van der Waals surface area contributed by atoms with Gasteiger partial charge >= 0.3 is 0 Å². The van der Waals surface area contributed by atoms with E-state index in [0.717, 1.165) is 61.4 Å². The monoisotopic (exact) mass is 600 g/mol. The van der Waals surface area contributed by atoms with Crippen LogP contribution >= 0.6 is 0 Å². The predicted molar refractivity (Wildman–Crippen MR) is 201 cm³/mol. The second-order valence-corrected chi connectivity index (χ2v) is 11.3.